The van der Waals surface area contributed by atoms with E-state index in [9.17, 15) is 31.1 Å². The molecule has 0 bridgehead atoms. The van der Waals surface area contributed by atoms with Crippen molar-refractivity contribution in [2.24, 2.45) is 0 Å². The normalized spacial score (nSPS) is 16.5. The summed E-state index contributed by atoms with van der Waals surface area (Å²) in [4.78, 5) is 11.1. The number of carbonyl (C=O) groups is 1. The first-order valence-corrected chi connectivity index (χ1v) is 9.24. The standard InChI is InChI=1S/C21H18F6N2O2/c22-20(23,24)15-8-13(9-16(10-15)21(25,26)27)11-28-18-5-3-14-7-12(1-4-17(14)18)2-6-19(30)29-31/h1-2,4,6-10,18,28,31H,3,5,11H2,(H,29,30)/b6-2+. The van der Waals surface area contributed by atoms with Gasteiger partial charge in [-0.2, -0.15) is 26.3 Å². The van der Waals surface area contributed by atoms with Gasteiger partial charge in [0.2, 0.25) is 0 Å². The van der Waals surface area contributed by atoms with E-state index in [0.717, 1.165) is 34.9 Å². The topological polar surface area (TPSA) is 61.4 Å². The first-order chi connectivity index (χ1) is 14.5. The third-order valence-electron chi connectivity index (χ3n) is 4.98. The lowest BCUT2D eigenvalue weighted by Gasteiger charge is -2.17. The van der Waals surface area contributed by atoms with E-state index in [0.29, 0.717) is 12.8 Å². The van der Waals surface area contributed by atoms with Crippen LogP contribution >= 0.6 is 0 Å². The highest BCUT2D eigenvalue weighted by atomic mass is 19.4. The zero-order valence-corrected chi connectivity index (χ0v) is 15.9. The van der Waals surface area contributed by atoms with Crippen LogP contribution in [0, 0.1) is 0 Å². The van der Waals surface area contributed by atoms with Crippen molar-refractivity contribution in [3.63, 3.8) is 0 Å². The Morgan fingerprint density at radius 2 is 1.68 bits per heavy atom. The molecule has 0 fully saturated rings. The molecule has 0 aliphatic heterocycles. The molecular formula is C21H18F6N2O2. The minimum atomic E-state index is -4.88. The van der Waals surface area contributed by atoms with Gasteiger partial charge in [0.1, 0.15) is 0 Å². The predicted molar refractivity (Wildman–Crippen MR) is 99.8 cm³/mol. The number of amides is 1. The van der Waals surface area contributed by atoms with E-state index in [4.69, 9.17) is 5.21 Å². The van der Waals surface area contributed by atoms with Crippen LogP contribution in [0.15, 0.2) is 42.5 Å². The van der Waals surface area contributed by atoms with Crippen LogP contribution in [0.2, 0.25) is 0 Å². The van der Waals surface area contributed by atoms with Gasteiger partial charge in [0.15, 0.2) is 0 Å². The Kier molecular flexibility index (Phi) is 6.42. The molecule has 0 radical (unpaired) electrons. The van der Waals surface area contributed by atoms with E-state index in [2.05, 4.69) is 5.32 Å². The summed E-state index contributed by atoms with van der Waals surface area (Å²) in [5.74, 6) is -0.681. The van der Waals surface area contributed by atoms with Gasteiger partial charge in [-0.05, 0) is 59.4 Å². The molecule has 2 aromatic carbocycles. The maximum atomic E-state index is 13.0. The van der Waals surface area contributed by atoms with Gasteiger partial charge in [-0.1, -0.05) is 18.2 Å². The molecule has 1 amide bonds. The van der Waals surface area contributed by atoms with Gasteiger partial charge in [-0.15, -0.1) is 0 Å². The molecule has 1 aliphatic carbocycles. The quantitative estimate of drug-likeness (QED) is 0.263. The van der Waals surface area contributed by atoms with Gasteiger partial charge in [0, 0.05) is 18.7 Å². The lowest BCUT2D eigenvalue weighted by atomic mass is 10.0. The van der Waals surface area contributed by atoms with E-state index in [1.807, 2.05) is 6.07 Å². The van der Waals surface area contributed by atoms with Gasteiger partial charge in [0.05, 0.1) is 11.1 Å². The Hall–Kier alpha value is -2.85. The van der Waals surface area contributed by atoms with Gasteiger partial charge >= 0.3 is 12.4 Å². The fourth-order valence-electron chi connectivity index (χ4n) is 3.52. The predicted octanol–water partition coefficient (Wildman–Crippen LogP) is 5.02. The first kappa shape index (κ1) is 22.8. The number of nitrogens with one attached hydrogen (secondary N) is 2. The number of benzene rings is 2. The van der Waals surface area contributed by atoms with Crippen LogP contribution in [0.5, 0.6) is 0 Å². The van der Waals surface area contributed by atoms with Crippen molar-refractivity contribution in [2.45, 2.75) is 37.8 Å². The maximum Gasteiger partial charge on any atom is 0.416 e. The zero-order chi connectivity index (χ0) is 22.8. The zero-order valence-electron chi connectivity index (χ0n) is 15.9. The summed E-state index contributed by atoms with van der Waals surface area (Å²) in [6, 6.07) is 6.69. The molecule has 0 saturated carbocycles. The fraction of sp³-hybridized carbons (Fsp3) is 0.286. The Bertz CT molecular complexity index is 966. The molecule has 4 nitrogen and oxygen atoms in total. The highest BCUT2D eigenvalue weighted by Crippen LogP contribution is 2.37. The van der Waals surface area contributed by atoms with Crippen molar-refractivity contribution in [2.75, 3.05) is 0 Å². The monoisotopic (exact) mass is 444 g/mol. The van der Waals surface area contributed by atoms with Crippen LogP contribution in [0.3, 0.4) is 0 Å². The highest BCUT2D eigenvalue weighted by Gasteiger charge is 2.37. The van der Waals surface area contributed by atoms with Crippen LogP contribution < -0.4 is 10.8 Å². The molecule has 31 heavy (non-hydrogen) atoms. The second-order valence-electron chi connectivity index (χ2n) is 7.15. The Morgan fingerprint density at radius 3 is 2.26 bits per heavy atom. The Morgan fingerprint density at radius 1 is 1.03 bits per heavy atom. The molecule has 3 N–H and O–H groups in total. The van der Waals surface area contributed by atoms with Crippen LogP contribution in [-0.2, 0) is 30.1 Å². The van der Waals surface area contributed by atoms with E-state index < -0.39 is 29.4 Å². The van der Waals surface area contributed by atoms with E-state index >= 15 is 0 Å². The number of carbonyl (C=O) groups excluding carboxylic acids is 1. The summed E-state index contributed by atoms with van der Waals surface area (Å²) in [5, 5.41) is 11.5. The van der Waals surface area contributed by atoms with E-state index in [1.165, 1.54) is 11.6 Å². The third-order valence-corrected chi connectivity index (χ3v) is 4.98. The van der Waals surface area contributed by atoms with Crippen molar-refractivity contribution in [3.8, 4) is 0 Å². The third kappa shape index (κ3) is 5.65. The molecule has 0 saturated heterocycles. The molecule has 166 valence electrons. The lowest BCUT2D eigenvalue weighted by molar-refractivity contribution is -0.143. The Labute approximate surface area is 173 Å². The lowest BCUT2D eigenvalue weighted by Crippen LogP contribution is -2.20. The first-order valence-electron chi connectivity index (χ1n) is 9.24. The van der Waals surface area contributed by atoms with Crippen LogP contribution in [0.25, 0.3) is 6.08 Å². The van der Waals surface area contributed by atoms with E-state index in [1.54, 1.807) is 12.1 Å². The average molecular weight is 444 g/mol. The number of aryl methyl sites for hydroxylation is 1. The summed E-state index contributed by atoms with van der Waals surface area (Å²) >= 11 is 0. The molecule has 10 heteroatoms. The smallest absolute Gasteiger partial charge is 0.306 e. The minimum Gasteiger partial charge on any atom is -0.306 e. The molecule has 0 aromatic heterocycles. The molecular weight excluding hydrogens is 426 g/mol. The van der Waals surface area contributed by atoms with Crippen molar-refractivity contribution in [3.05, 3.63) is 75.9 Å². The number of hydroxylamine groups is 1. The molecule has 1 unspecified atom stereocenters. The number of rotatable bonds is 5. The summed E-state index contributed by atoms with van der Waals surface area (Å²) in [7, 11) is 0. The molecule has 2 aromatic rings. The molecule has 0 heterocycles. The summed E-state index contributed by atoms with van der Waals surface area (Å²) < 4.78 is 78.1. The number of hydrogen-bond acceptors (Lipinski definition) is 3. The SMILES string of the molecule is O=C(/C=C/c1ccc2c(c1)CCC2NCc1cc(C(F)(F)F)cc(C(F)(F)F)c1)NO. The van der Waals surface area contributed by atoms with Crippen LogP contribution in [0.4, 0.5) is 26.3 Å². The molecule has 1 atom stereocenters. The minimum absolute atomic E-state index is 0.106. The molecule has 3 rings (SSSR count). The van der Waals surface area contributed by atoms with Crippen molar-refractivity contribution in [1.82, 2.24) is 10.8 Å². The summed E-state index contributed by atoms with van der Waals surface area (Å²) in [6.45, 7) is -0.157. The van der Waals surface area contributed by atoms with Crippen molar-refractivity contribution < 1.29 is 36.3 Å². The second kappa shape index (κ2) is 8.72. The summed E-state index contributed by atoms with van der Waals surface area (Å²) in [6.07, 6.45) is -5.81. The van der Waals surface area contributed by atoms with Gasteiger partial charge < -0.3 is 5.32 Å². The van der Waals surface area contributed by atoms with Crippen molar-refractivity contribution >= 4 is 12.0 Å². The molecule has 0 spiro atoms. The maximum absolute atomic E-state index is 13.0. The van der Waals surface area contributed by atoms with Crippen molar-refractivity contribution in [1.29, 1.82) is 0 Å². The van der Waals surface area contributed by atoms with Gasteiger partial charge in [0.25, 0.3) is 5.91 Å². The van der Waals surface area contributed by atoms with Gasteiger partial charge in [-0.3, -0.25) is 10.0 Å². The molecule has 1 aliphatic rings. The number of hydrogen-bond donors (Lipinski definition) is 3. The largest absolute Gasteiger partial charge is 0.416 e. The second-order valence-corrected chi connectivity index (χ2v) is 7.15. The number of halogens is 6. The highest BCUT2D eigenvalue weighted by molar-refractivity contribution is 5.90. The number of alkyl halides is 6. The van der Waals surface area contributed by atoms with Crippen LogP contribution in [-0.4, -0.2) is 11.1 Å². The average Bonchev–Trinajstić information content (AvgIpc) is 3.11. The Balaban J connectivity index is 1.76. The number of fused-ring (bicyclic) bond motifs is 1. The van der Waals surface area contributed by atoms with Gasteiger partial charge in [-0.25, -0.2) is 5.48 Å². The summed E-state index contributed by atoms with van der Waals surface area (Å²) in [5.41, 5.74) is 1.27. The fourth-order valence-corrected chi connectivity index (χ4v) is 3.52. The van der Waals surface area contributed by atoms with E-state index in [-0.39, 0.29) is 24.2 Å². The van der Waals surface area contributed by atoms with Crippen LogP contribution in [0.1, 0.15) is 45.8 Å².